The maximum Gasteiger partial charge on any atom is 0.185 e. The number of benzene rings is 2. The molecule has 2 aromatic carbocycles. The normalized spacial score (nSPS) is 11.6. The molecule has 0 aliphatic heterocycles. The summed E-state index contributed by atoms with van der Waals surface area (Å²) in [5.41, 5.74) is 2.33. The second-order valence-corrected chi connectivity index (χ2v) is 8.08. The topological polar surface area (TPSA) is 55.8 Å². The fourth-order valence-corrected chi connectivity index (χ4v) is 2.85. The highest BCUT2D eigenvalue weighted by Crippen LogP contribution is 2.37. The van der Waals surface area contributed by atoms with Crippen LogP contribution >= 0.6 is 0 Å². The van der Waals surface area contributed by atoms with Crippen molar-refractivity contribution in [3.05, 3.63) is 59.2 Å². The van der Waals surface area contributed by atoms with Gasteiger partial charge in [-0.3, -0.25) is 4.79 Å². The molecule has 156 valence electrons. The van der Waals surface area contributed by atoms with Gasteiger partial charge in [0.1, 0.15) is 17.2 Å². The van der Waals surface area contributed by atoms with E-state index in [1.165, 1.54) is 12.1 Å². The van der Waals surface area contributed by atoms with Gasteiger partial charge in [-0.15, -0.1) is 0 Å². The van der Waals surface area contributed by atoms with Crippen LogP contribution in [0.25, 0.3) is 6.08 Å². The van der Waals surface area contributed by atoms with E-state index in [4.69, 9.17) is 9.47 Å². The molecule has 0 heterocycles. The van der Waals surface area contributed by atoms with Crippen molar-refractivity contribution >= 4 is 11.9 Å². The van der Waals surface area contributed by atoms with Crippen LogP contribution in [0.2, 0.25) is 0 Å². The Hall–Kier alpha value is -2.75. The van der Waals surface area contributed by atoms with Gasteiger partial charge in [0, 0.05) is 22.8 Å². The third-order valence-corrected chi connectivity index (χ3v) is 4.41. The van der Waals surface area contributed by atoms with Gasteiger partial charge in [-0.05, 0) is 60.7 Å². The fourth-order valence-electron chi connectivity index (χ4n) is 2.85. The van der Waals surface area contributed by atoms with Crippen molar-refractivity contribution in [2.24, 2.45) is 0 Å². The van der Waals surface area contributed by atoms with E-state index in [2.05, 4.69) is 40.7 Å². The molecule has 29 heavy (non-hydrogen) atoms. The zero-order chi connectivity index (χ0) is 21.4. The van der Waals surface area contributed by atoms with Crippen molar-refractivity contribution in [2.75, 3.05) is 13.2 Å². The maximum absolute atomic E-state index is 12.5. The Morgan fingerprint density at radius 1 is 0.966 bits per heavy atom. The van der Waals surface area contributed by atoms with Gasteiger partial charge in [0.15, 0.2) is 5.78 Å². The van der Waals surface area contributed by atoms with Gasteiger partial charge in [-0.1, -0.05) is 34.6 Å². The number of carbonyl (C=O) groups excluding carboxylic acids is 1. The van der Waals surface area contributed by atoms with Crippen molar-refractivity contribution in [3.63, 3.8) is 0 Å². The molecule has 4 heteroatoms. The lowest BCUT2D eigenvalue weighted by atomic mass is 9.85. The summed E-state index contributed by atoms with van der Waals surface area (Å²) in [5.74, 6) is 1.54. The summed E-state index contributed by atoms with van der Waals surface area (Å²) in [6.07, 6.45) is 5.15. The maximum atomic E-state index is 12.5. The minimum atomic E-state index is -0.130. The zero-order valence-corrected chi connectivity index (χ0v) is 18.1. The second kappa shape index (κ2) is 10.1. The summed E-state index contributed by atoms with van der Waals surface area (Å²) in [6.45, 7) is 11.8. The predicted octanol–water partition coefficient (Wildman–Crippen LogP) is 6.16. The summed E-state index contributed by atoms with van der Waals surface area (Å²) in [6, 6.07) is 10.2. The van der Waals surface area contributed by atoms with Crippen molar-refractivity contribution in [2.45, 2.75) is 52.9 Å². The molecule has 0 aliphatic rings. The second-order valence-electron chi connectivity index (χ2n) is 8.08. The molecule has 0 unspecified atom stereocenters. The molecule has 0 bridgehead atoms. The number of phenolic OH excluding ortho intramolecular Hbond substituents is 1. The molecule has 0 atom stereocenters. The van der Waals surface area contributed by atoms with Gasteiger partial charge in [0.05, 0.1) is 13.2 Å². The summed E-state index contributed by atoms with van der Waals surface area (Å²) >= 11 is 0. The van der Waals surface area contributed by atoms with E-state index < -0.39 is 0 Å². The van der Waals surface area contributed by atoms with Crippen LogP contribution in [-0.2, 0) is 5.41 Å². The molecule has 0 amide bonds. The van der Waals surface area contributed by atoms with Crippen LogP contribution in [0.3, 0.4) is 0 Å². The number of carbonyl (C=O) groups is 1. The molecule has 0 aliphatic carbocycles. The van der Waals surface area contributed by atoms with E-state index in [1.807, 2.05) is 6.07 Å². The predicted molar refractivity (Wildman–Crippen MR) is 118 cm³/mol. The van der Waals surface area contributed by atoms with Gasteiger partial charge >= 0.3 is 0 Å². The lowest BCUT2D eigenvalue weighted by Crippen LogP contribution is -2.15. The summed E-state index contributed by atoms with van der Waals surface area (Å²) in [7, 11) is 0. The Morgan fingerprint density at radius 3 is 2.10 bits per heavy atom. The lowest BCUT2D eigenvalue weighted by Gasteiger charge is -2.25. The molecular formula is C25H32O4. The minimum absolute atomic E-state index is 0.115. The van der Waals surface area contributed by atoms with Crippen molar-refractivity contribution in [3.8, 4) is 17.2 Å². The molecule has 0 saturated carbocycles. The van der Waals surface area contributed by atoms with E-state index in [9.17, 15) is 9.90 Å². The highest BCUT2D eigenvalue weighted by molar-refractivity contribution is 6.07. The molecular weight excluding hydrogens is 364 g/mol. The monoisotopic (exact) mass is 396 g/mol. The minimum Gasteiger partial charge on any atom is -0.508 e. The van der Waals surface area contributed by atoms with E-state index in [0.717, 1.165) is 29.7 Å². The molecule has 4 nitrogen and oxygen atoms in total. The third kappa shape index (κ3) is 6.38. The summed E-state index contributed by atoms with van der Waals surface area (Å²) in [4.78, 5) is 12.5. The lowest BCUT2D eigenvalue weighted by molar-refractivity contribution is 0.104. The van der Waals surface area contributed by atoms with Crippen LogP contribution in [-0.4, -0.2) is 24.1 Å². The first-order chi connectivity index (χ1) is 13.8. The van der Waals surface area contributed by atoms with E-state index >= 15 is 0 Å². The highest BCUT2D eigenvalue weighted by Gasteiger charge is 2.22. The van der Waals surface area contributed by atoms with E-state index in [1.54, 1.807) is 24.3 Å². The van der Waals surface area contributed by atoms with Gasteiger partial charge in [0.2, 0.25) is 0 Å². The van der Waals surface area contributed by atoms with Crippen molar-refractivity contribution < 1.29 is 19.4 Å². The SMILES string of the molecule is CCCOc1cc(OCCC)c(C(C)(C)C)cc1C=CC(=O)c1ccc(O)cc1. The van der Waals surface area contributed by atoms with Crippen LogP contribution < -0.4 is 9.47 Å². The number of hydrogen-bond acceptors (Lipinski definition) is 4. The average molecular weight is 397 g/mol. The Bertz CT molecular complexity index is 842. The molecule has 2 aromatic rings. The Kier molecular flexibility index (Phi) is 7.89. The first kappa shape index (κ1) is 22.5. The first-order valence-electron chi connectivity index (χ1n) is 10.2. The van der Waals surface area contributed by atoms with Gasteiger partial charge in [0.25, 0.3) is 0 Å². The number of ketones is 1. The smallest absolute Gasteiger partial charge is 0.185 e. The number of ether oxygens (including phenoxy) is 2. The molecule has 0 saturated heterocycles. The summed E-state index contributed by atoms with van der Waals surface area (Å²) in [5, 5.41) is 9.40. The van der Waals surface area contributed by atoms with Gasteiger partial charge < -0.3 is 14.6 Å². The molecule has 0 aromatic heterocycles. The van der Waals surface area contributed by atoms with Crippen LogP contribution in [0, 0.1) is 0 Å². The average Bonchev–Trinajstić information content (AvgIpc) is 2.68. The molecule has 0 radical (unpaired) electrons. The fraction of sp³-hybridized carbons (Fsp3) is 0.400. The highest BCUT2D eigenvalue weighted by atomic mass is 16.5. The number of hydrogen-bond donors (Lipinski definition) is 1. The zero-order valence-electron chi connectivity index (χ0n) is 18.1. The van der Waals surface area contributed by atoms with Crippen molar-refractivity contribution in [1.82, 2.24) is 0 Å². The van der Waals surface area contributed by atoms with E-state index in [-0.39, 0.29) is 16.9 Å². The molecule has 0 spiro atoms. The number of rotatable bonds is 9. The first-order valence-corrected chi connectivity index (χ1v) is 10.2. The molecule has 1 N–H and O–H groups in total. The van der Waals surface area contributed by atoms with E-state index in [0.29, 0.717) is 24.5 Å². The van der Waals surface area contributed by atoms with Crippen LogP contribution in [0.1, 0.15) is 68.9 Å². The third-order valence-electron chi connectivity index (χ3n) is 4.41. The van der Waals surface area contributed by atoms with Crippen LogP contribution in [0.15, 0.2) is 42.5 Å². The quantitative estimate of drug-likeness (QED) is 0.407. The number of aromatic hydroxyl groups is 1. The molecule has 0 fully saturated rings. The van der Waals surface area contributed by atoms with Crippen molar-refractivity contribution in [1.29, 1.82) is 0 Å². The number of phenols is 1. The summed E-state index contributed by atoms with van der Waals surface area (Å²) < 4.78 is 12.0. The Morgan fingerprint density at radius 2 is 1.55 bits per heavy atom. The standard InChI is InChI=1S/C25H32O4/c1-6-14-28-23-17-24(29-15-7-2)21(25(3,4)5)16-19(23)10-13-22(27)18-8-11-20(26)12-9-18/h8-13,16-17,26H,6-7,14-15H2,1-5H3. The van der Waals surface area contributed by atoms with Crippen LogP contribution in [0.5, 0.6) is 17.2 Å². The Balaban J connectivity index is 2.43. The van der Waals surface area contributed by atoms with Crippen LogP contribution in [0.4, 0.5) is 0 Å². The van der Waals surface area contributed by atoms with Gasteiger partial charge in [-0.25, -0.2) is 0 Å². The Labute approximate surface area is 174 Å². The largest absolute Gasteiger partial charge is 0.508 e. The molecule has 2 rings (SSSR count). The number of allylic oxidation sites excluding steroid dienone is 1. The van der Waals surface area contributed by atoms with Gasteiger partial charge in [-0.2, -0.15) is 0 Å².